The van der Waals surface area contributed by atoms with E-state index in [0.717, 1.165) is 6.42 Å². The Labute approximate surface area is 115 Å². The molecule has 0 aliphatic rings. The highest BCUT2D eigenvalue weighted by Crippen LogP contribution is 2.29. The third-order valence-electron chi connectivity index (χ3n) is 3.42. The molecule has 0 bridgehead atoms. The molecule has 1 aromatic rings. The van der Waals surface area contributed by atoms with Crippen LogP contribution < -0.4 is 0 Å². The van der Waals surface area contributed by atoms with E-state index in [0.29, 0.717) is 23.6 Å². The van der Waals surface area contributed by atoms with Gasteiger partial charge in [0.25, 0.3) is 0 Å². The SMILES string of the molecule is CCC(C)CN(C)S(=O)(=O)c1c(C)oc(C)c1CO. The Balaban J connectivity index is 3.20. The third-order valence-corrected chi connectivity index (χ3v) is 5.44. The van der Waals surface area contributed by atoms with Crippen LogP contribution in [0.4, 0.5) is 0 Å². The van der Waals surface area contributed by atoms with Gasteiger partial charge in [0.2, 0.25) is 10.0 Å². The molecule has 0 aromatic carbocycles. The second-order valence-corrected chi connectivity index (χ2v) is 6.96. The normalized spacial score (nSPS) is 14.1. The van der Waals surface area contributed by atoms with Crippen LogP contribution in [0.25, 0.3) is 0 Å². The molecule has 0 fully saturated rings. The first-order valence-corrected chi connectivity index (χ1v) is 7.85. The molecule has 6 heteroatoms. The molecular formula is C13H23NO4S. The Morgan fingerprint density at radius 1 is 1.32 bits per heavy atom. The molecule has 0 aliphatic carbocycles. The van der Waals surface area contributed by atoms with Gasteiger partial charge in [-0.1, -0.05) is 20.3 Å². The Morgan fingerprint density at radius 2 is 1.89 bits per heavy atom. The summed E-state index contributed by atoms with van der Waals surface area (Å²) in [5.41, 5.74) is 0.355. The minimum atomic E-state index is -3.62. The first kappa shape index (κ1) is 16.2. The van der Waals surface area contributed by atoms with Crippen LogP contribution in [0.15, 0.2) is 9.31 Å². The molecule has 1 atom stereocenters. The molecule has 1 heterocycles. The van der Waals surface area contributed by atoms with Gasteiger partial charge < -0.3 is 9.52 Å². The number of hydrogen-bond acceptors (Lipinski definition) is 4. The van der Waals surface area contributed by atoms with Crippen molar-refractivity contribution in [1.29, 1.82) is 0 Å². The summed E-state index contributed by atoms with van der Waals surface area (Å²) < 4.78 is 31.8. The van der Waals surface area contributed by atoms with E-state index in [1.165, 1.54) is 4.31 Å². The van der Waals surface area contributed by atoms with E-state index in [1.54, 1.807) is 20.9 Å². The molecule has 0 amide bonds. The van der Waals surface area contributed by atoms with Crippen LogP contribution in [0.2, 0.25) is 0 Å². The number of aliphatic hydroxyl groups is 1. The summed E-state index contributed by atoms with van der Waals surface area (Å²) in [6, 6.07) is 0. The predicted octanol–water partition coefficient (Wildman–Crippen LogP) is 2.06. The van der Waals surface area contributed by atoms with E-state index in [1.807, 2.05) is 13.8 Å². The summed E-state index contributed by atoms with van der Waals surface area (Å²) in [6.07, 6.45) is 0.913. The lowest BCUT2D eigenvalue weighted by Gasteiger charge is -2.20. The monoisotopic (exact) mass is 289 g/mol. The maximum absolute atomic E-state index is 12.6. The highest BCUT2D eigenvalue weighted by molar-refractivity contribution is 7.89. The van der Waals surface area contributed by atoms with Gasteiger partial charge in [-0.2, -0.15) is 0 Å². The van der Waals surface area contributed by atoms with Crippen LogP contribution in [0, 0.1) is 19.8 Å². The van der Waals surface area contributed by atoms with Gasteiger partial charge in [-0.25, -0.2) is 12.7 Å². The van der Waals surface area contributed by atoms with Crippen molar-refractivity contribution >= 4 is 10.0 Å². The maximum atomic E-state index is 12.6. The zero-order valence-corrected chi connectivity index (χ0v) is 13.0. The largest absolute Gasteiger partial charge is 0.465 e. The van der Waals surface area contributed by atoms with Crippen molar-refractivity contribution in [3.8, 4) is 0 Å². The molecule has 0 radical (unpaired) electrons. The number of rotatable bonds is 6. The summed E-state index contributed by atoms with van der Waals surface area (Å²) in [4.78, 5) is 0.110. The fourth-order valence-corrected chi connectivity index (χ4v) is 3.74. The van der Waals surface area contributed by atoms with E-state index in [4.69, 9.17) is 4.42 Å². The second-order valence-electron chi connectivity index (χ2n) is 4.98. The molecule has 0 aliphatic heterocycles. The Morgan fingerprint density at radius 3 is 2.37 bits per heavy atom. The zero-order valence-electron chi connectivity index (χ0n) is 12.2. The molecule has 0 saturated carbocycles. The molecule has 1 aromatic heterocycles. The second kappa shape index (κ2) is 6.07. The van der Waals surface area contributed by atoms with E-state index in [2.05, 4.69) is 0 Å². The third kappa shape index (κ3) is 3.19. The molecule has 5 nitrogen and oxygen atoms in total. The fourth-order valence-electron chi connectivity index (χ4n) is 2.05. The number of hydrogen-bond donors (Lipinski definition) is 1. The van der Waals surface area contributed by atoms with Crippen molar-refractivity contribution in [1.82, 2.24) is 4.31 Å². The summed E-state index contributed by atoms with van der Waals surface area (Å²) >= 11 is 0. The number of nitrogens with zero attached hydrogens (tertiary/aromatic N) is 1. The lowest BCUT2D eigenvalue weighted by Crippen LogP contribution is -2.31. The maximum Gasteiger partial charge on any atom is 0.246 e. The van der Waals surface area contributed by atoms with Crippen molar-refractivity contribution < 1.29 is 17.9 Å². The van der Waals surface area contributed by atoms with Crippen LogP contribution in [0.3, 0.4) is 0 Å². The topological polar surface area (TPSA) is 70.8 Å². The van der Waals surface area contributed by atoms with Crippen LogP contribution >= 0.6 is 0 Å². The number of aliphatic hydroxyl groups excluding tert-OH is 1. The van der Waals surface area contributed by atoms with Gasteiger partial charge in [0, 0.05) is 19.2 Å². The fraction of sp³-hybridized carbons (Fsp3) is 0.692. The first-order chi connectivity index (χ1) is 8.75. The summed E-state index contributed by atoms with van der Waals surface area (Å²) in [6.45, 7) is 7.41. The highest BCUT2D eigenvalue weighted by atomic mass is 32.2. The van der Waals surface area contributed by atoms with Crippen molar-refractivity contribution in [2.24, 2.45) is 5.92 Å². The number of aryl methyl sites for hydroxylation is 2. The molecule has 1 rings (SSSR count). The average Bonchev–Trinajstić information content (AvgIpc) is 2.63. The highest BCUT2D eigenvalue weighted by Gasteiger charge is 2.30. The van der Waals surface area contributed by atoms with Crippen LogP contribution in [-0.2, 0) is 16.6 Å². The minimum absolute atomic E-state index is 0.110. The van der Waals surface area contributed by atoms with E-state index in [9.17, 15) is 13.5 Å². The molecule has 0 spiro atoms. The van der Waals surface area contributed by atoms with Gasteiger partial charge in [-0.3, -0.25) is 0 Å². The van der Waals surface area contributed by atoms with Crippen molar-refractivity contribution in [3.05, 3.63) is 17.1 Å². The van der Waals surface area contributed by atoms with E-state index >= 15 is 0 Å². The molecule has 110 valence electrons. The van der Waals surface area contributed by atoms with Crippen LogP contribution in [0.1, 0.15) is 37.4 Å². The standard InChI is InChI=1S/C13H23NO4S/c1-6-9(2)7-14(5)19(16,17)13-11(4)18-10(3)12(13)8-15/h9,15H,6-8H2,1-5H3. The Kier molecular flexibility index (Phi) is 5.18. The molecule has 0 saturated heterocycles. The predicted molar refractivity (Wildman–Crippen MR) is 73.4 cm³/mol. The van der Waals surface area contributed by atoms with Gasteiger partial charge in [0.15, 0.2) is 0 Å². The smallest absolute Gasteiger partial charge is 0.246 e. The molecule has 1 unspecified atom stereocenters. The van der Waals surface area contributed by atoms with Gasteiger partial charge >= 0.3 is 0 Å². The lowest BCUT2D eigenvalue weighted by molar-refractivity contribution is 0.276. The molecule has 19 heavy (non-hydrogen) atoms. The first-order valence-electron chi connectivity index (χ1n) is 6.41. The van der Waals surface area contributed by atoms with Crippen molar-refractivity contribution in [2.75, 3.05) is 13.6 Å². The number of sulfonamides is 1. The van der Waals surface area contributed by atoms with E-state index < -0.39 is 10.0 Å². The van der Waals surface area contributed by atoms with Gasteiger partial charge in [0.05, 0.1) is 6.61 Å². The minimum Gasteiger partial charge on any atom is -0.465 e. The Hall–Kier alpha value is -0.850. The van der Waals surface area contributed by atoms with Crippen molar-refractivity contribution in [2.45, 2.75) is 45.6 Å². The summed E-state index contributed by atoms with van der Waals surface area (Å²) in [5, 5.41) is 9.34. The van der Waals surface area contributed by atoms with E-state index in [-0.39, 0.29) is 17.4 Å². The van der Waals surface area contributed by atoms with Gasteiger partial charge in [-0.05, 0) is 19.8 Å². The lowest BCUT2D eigenvalue weighted by atomic mass is 10.1. The van der Waals surface area contributed by atoms with Crippen LogP contribution in [-0.4, -0.2) is 31.4 Å². The average molecular weight is 289 g/mol. The van der Waals surface area contributed by atoms with Gasteiger partial charge in [-0.15, -0.1) is 0 Å². The number of furan rings is 1. The van der Waals surface area contributed by atoms with Crippen molar-refractivity contribution in [3.63, 3.8) is 0 Å². The summed E-state index contributed by atoms with van der Waals surface area (Å²) in [5.74, 6) is 1.07. The molecule has 1 N–H and O–H groups in total. The zero-order chi connectivity index (χ0) is 14.8. The van der Waals surface area contributed by atoms with Crippen LogP contribution in [0.5, 0.6) is 0 Å². The van der Waals surface area contributed by atoms with Gasteiger partial charge in [0.1, 0.15) is 16.4 Å². The Bertz CT molecular complexity index is 533. The molecular weight excluding hydrogens is 266 g/mol. The summed E-state index contributed by atoms with van der Waals surface area (Å²) in [7, 11) is -2.06. The quantitative estimate of drug-likeness (QED) is 0.870.